The van der Waals surface area contributed by atoms with Gasteiger partial charge in [-0.2, -0.15) is 5.10 Å². The third-order valence-electron chi connectivity index (χ3n) is 2.64. The minimum absolute atomic E-state index is 0.111. The second-order valence-electron chi connectivity index (χ2n) is 4.13. The van der Waals surface area contributed by atoms with E-state index in [2.05, 4.69) is 20.7 Å². The van der Waals surface area contributed by atoms with Crippen LogP contribution in [0.3, 0.4) is 0 Å². The molecule has 0 atom stereocenters. The lowest BCUT2D eigenvalue weighted by Gasteiger charge is -2.05. The van der Waals surface area contributed by atoms with Gasteiger partial charge in [-0.15, -0.1) is 0 Å². The Kier molecular flexibility index (Phi) is 4.46. The molecule has 0 fully saturated rings. The highest BCUT2D eigenvalue weighted by molar-refractivity contribution is 6.55. The van der Waals surface area contributed by atoms with Crippen LogP contribution in [0, 0.1) is 6.92 Å². The van der Waals surface area contributed by atoms with Gasteiger partial charge < -0.3 is 10.6 Å². The van der Waals surface area contributed by atoms with Gasteiger partial charge in [-0.05, 0) is 19.1 Å². The van der Waals surface area contributed by atoms with E-state index in [1.807, 2.05) is 20.0 Å². The normalized spacial score (nSPS) is 10.4. The van der Waals surface area contributed by atoms with E-state index in [1.54, 1.807) is 10.9 Å². The van der Waals surface area contributed by atoms with Crippen LogP contribution < -0.4 is 10.6 Å². The summed E-state index contributed by atoms with van der Waals surface area (Å²) in [7, 11) is 1.82. The summed E-state index contributed by atoms with van der Waals surface area (Å²) in [5.74, 6) is 0. The first-order valence-corrected chi connectivity index (χ1v) is 6.58. The molecule has 0 saturated carbocycles. The highest BCUT2D eigenvalue weighted by Crippen LogP contribution is 2.19. The molecule has 2 N–H and O–H groups in total. The molecule has 0 aliphatic carbocycles. The van der Waals surface area contributed by atoms with Crippen molar-refractivity contribution in [1.82, 2.24) is 20.1 Å². The Bertz CT molecular complexity index is 676. The molecule has 0 aliphatic heterocycles. The van der Waals surface area contributed by atoms with Gasteiger partial charge in [0.25, 0.3) is 0 Å². The lowest BCUT2D eigenvalue weighted by molar-refractivity contribution is 0.253. The Balaban J connectivity index is 2.08. The van der Waals surface area contributed by atoms with Crippen LogP contribution in [-0.4, -0.2) is 27.3 Å². The molecule has 2 aromatic rings. The maximum absolute atomic E-state index is 11.6. The Hall–Kier alpha value is -1.79. The number of aromatic nitrogens is 3. The van der Waals surface area contributed by atoms with Crippen LogP contribution in [0.4, 0.5) is 10.5 Å². The number of halogens is 2. The number of nitrogens with one attached hydrogen (secondary N) is 2. The minimum atomic E-state index is -0.362. The molecule has 0 spiro atoms. The number of carbonyl (C=O) groups excluding carboxylic acids is 1. The molecule has 20 heavy (non-hydrogen) atoms. The van der Waals surface area contributed by atoms with Crippen molar-refractivity contribution < 1.29 is 4.79 Å². The van der Waals surface area contributed by atoms with Gasteiger partial charge >= 0.3 is 6.03 Å². The van der Waals surface area contributed by atoms with E-state index in [9.17, 15) is 4.79 Å². The summed E-state index contributed by atoms with van der Waals surface area (Å²) < 4.78 is 1.81. The smallest absolute Gasteiger partial charge is 0.319 e. The monoisotopic (exact) mass is 313 g/mol. The summed E-state index contributed by atoms with van der Waals surface area (Å²) in [6, 6.07) is 1.47. The predicted molar refractivity (Wildman–Crippen MR) is 80.1 cm³/mol. The number of urea groups is 1. The SMILES string of the molecule is Cc1nn(C)c2ncc(NC(=O)NCC=C(Cl)Cl)cc12. The first-order chi connectivity index (χ1) is 9.47. The molecule has 2 aromatic heterocycles. The van der Waals surface area contributed by atoms with E-state index >= 15 is 0 Å². The van der Waals surface area contributed by atoms with Crippen LogP contribution in [0.5, 0.6) is 0 Å². The zero-order valence-electron chi connectivity index (χ0n) is 10.9. The zero-order valence-corrected chi connectivity index (χ0v) is 12.5. The van der Waals surface area contributed by atoms with Crippen LogP contribution in [0.15, 0.2) is 22.8 Å². The second kappa shape index (κ2) is 6.11. The molecule has 6 nitrogen and oxygen atoms in total. The molecular formula is C12H13Cl2N5O. The van der Waals surface area contributed by atoms with E-state index in [4.69, 9.17) is 23.2 Å². The van der Waals surface area contributed by atoms with Gasteiger partial charge in [0.2, 0.25) is 0 Å². The number of amides is 2. The molecule has 2 amide bonds. The minimum Gasteiger partial charge on any atom is -0.334 e. The first-order valence-electron chi connectivity index (χ1n) is 5.82. The molecule has 0 saturated heterocycles. The molecule has 2 rings (SSSR count). The van der Waals surface area contributed by atoms with Crippen LogP contribution >= 0.6 is 23.2 Å². The van der Waals surface area contributed by atoms with Crippen molar-refractivity contribution in [2.75, 3.05) is 11.9 Å². The van der Waals surface area contributed by atoms with E-state index in [0.29, 0.717) is 5.69 Å². The number of rotatable bonds is 3. The summed E-state index contributed by atoms with van der Waals surface area (Å²) in [5, 5.41) is 10.4. The maximum atomic E-state index is 11.6. The lowest BCUT2D eigenvalue weighted by atomic mass is 10.2. The topological polar surface area (TPSA) is 71.8 Å². The second-order valence-corrected chi connectivity index (χ2v) is 5.14. The standard InChI is InChI=1S/C12H13Cl2N5O/c1-7-9-5-8(6-16-11(9)19(2)18-7)17-12(20)15-4-3-10(13)14/h3,5-6H,4H2,1-2H3,(H2,15,17,20). The number of pyridine rings is 1. The van der Waals surface area contributed by atoms with Crippen LogP contribution in [0.1, 0.15) is 5.69 Å². The molecule has 2 heterocycles. The Morgan fingerprint density at radius 2 is 2.25 bits per heavy atom. The number of aryl methyl sites for hydroxylation is 2. The summed E-state index contributed by atoms with van der Waals surface area (Å²) in [6.07, 6.45) is 3.06. The summed E-state index contributed by atoms with van der Waals surface area (Å²) in [5.41, 5.74) is 2.22. The Morgan fingerprint density at radius 3 is 2.95 bits per heavy atom. The van der Waals surface area contributed by atoms with E-state index in [0.717, 1.165) is 16.7 Å². The highest BCUT2D eigenvalue weighted by atomic mass is 35.5. The van der Waals surface area contributed by atoms with Gasteiger partial charge in [0.15, 0.2) is 5.65 Å². The van der Waals surface area contributed by atoms with Gasteiger partial charge in [-0.3, -0.25) is 4.68 Å². The molecular weight excluding hydrogens is 301 g/mol. The lowest BCUT2D eigenvalue weighted by Crippen LogP contribution is -2.28. The largest absolute Gasteiger partial charge is 0.334 e. The summed E-state index contributed by atoms with van der Waals surface area (Å²) in [6.45, 7) is 2.14. The quantitative estimate of drug-likeness (QED) is 0.915. The molecule has 0 bridgehead atoms. The van der Waals surface area contributed by atoms with E-state index in [1.165, 1.54) is 6.08 Å². The molecule has 8 heteroatoms. The van der Waals surface area contributed by atoms with Crippen molar-refractivity contribution in [3.05, 3.63) is 28.5 Å². The van der Waals surface area contributed by atoms with Crippen LogP contribution in [0.25, 0.3) is 11.0 Å². The van der Waals surface area contributed by atoms with E-state index < -0.39 is 0 Å². The van der Waals surface area contributed by atoms with Crippen molar-refractivity contribution in [2.24, 2.45) is 7.05 Å². The van der Waals surface area contributed by atoms with Crippen LogP contribution in [-0.2, 0) is 7.05 Å². The molecule has 0 aliphatic rings. The zero-order chi connectivity index (χ0) is 14.7. The van der Waals surface area contributed by atoms with Crippen molar-refractivity contribution in [2.45, 2.75) is 6.92 Å². The number of anilines is 1. The molecule has 0 radical (unpaired) electrons. The third kappa shape index (κ3) is 3.40. The first kappa shape index (κ1) is 14.6. The van der Waals surface area contributed by atoms with Gasteiger partial charge in [-0.1, -0.05) is 23.2 Å². The number of hydrogen-bond donors (Lipinski definition) is 2. The summed E-state index contributed by atoms with van der Waals surface area (Å²) >= 11 is 10.9. The van der Waals surface area contributed by atoms with E-state index in [-0.39, 0.29) is 17.1 Å². The fraction of sp³-hybridized carbons (Fsp3) is 0.250. The average molecular weight is 314 g/mol. The number of hydrogen-bond acceptors (Lipinski definition) is 3. The number of nitrogens with zero attached hydrogens (tertiary/aromatic N) is 3. The van der Waals surface area contributed by atoms with Crippen molar-refractivity contribution in [1.29, 1.82) is 0 Å². The van der Waals surface area contributed by atoms with Gasteiger partial charge in [0.1, 0.15) is 4.49 Å². The van der Waals surface area contributed by atoms with Crippen LogP contribution in [0.2, 0.25) is 0 Å². The molecule has 0 unspecified atom stereocenters. The summed E-state index contributed by atoms with van der Waals surface area (Å²) in [4.78, 5) is 15.9. The van der Waals surface area contributed by atoms with Gasteiger partial charge in [0, 0.05) is 19.0 Å². The fourth-order valence-electron chi connectivity index (χ4n) is 1.77. The Labute approximate surface area is 125 Å². The number of carbonyl (C=O) groups is 1. The Morgan fingerprint density at radius 1 is 1.50 bits per heavy atom. The third-order valence-corrected chi connectivity index (χ3v) is 2.95. The number of fused-ring (bicyclic) bond motifs is 1. The molecule has 0 aromatic carbocycles. The van der Waals surface area contributed by atoms with Crippen molar-refractivity contribution in [3.8, 4) is 0 Å². The van der Waals surface area contributed by atoms with Gasteiger partial charge in [-0.25, -0.2) is 9.78 Å². The fourth-order valence-corrected chi connectivity index (χ4v) is 1.93. The van der Waals surface area contributed by atoms with Gasteiger partial charge in [0.05, 0.1) is 17.6 Å². The maximum Gasteiger partial charge on any atom is 0.319 e. The van der Waals surface area contributed by atoms with Crippen molar-refractivity contribution >= 4 is 46.0 Å². The highest BCUT2D eigenvalue weighted by Gasteiger charge is 2.08. The molecule has 106 valence electrons. The van der Waals surface area contributed by atoms with Crippen molar-refractivity contribution in [3.63, 3.8) is 0 Å². The predicted octanol–water partition coefficient (Wildman–Crippen LogP) is 2.72. The average Bonchev–Trinajstić information content (AvgIpc) is 2.64.